The van der Waals surface area contributed by atoms with Crippen LogP contribution in [-0.2, 0) is 14.8 Å². The molecule has 0 heterocycles. The largest absolute Gasteiger partial charge is 0.491 e. The number of amides is 1. The van der Waals surface area contributed by atoms with E-state index in [4.69, 9.17) is 9.88 Å². The second-order valence-electron chi connectivity index (χ2n) is 4.48. The van der Waals surface area contributed by atoms with Crippen molar-refractivity contribution in [1.29, 1.82) is 0 Å². The van der Waals surface area contributed by atoms with Crippen LogP contribution < -0.4 is 15.2 Å². The minimum atomic E-state index is -3.73. The lowest BCUT2D eigenvalue weighted by atomic mass is 10.1. The summed E-state index contributed by atoms with van der Waals surface area (Å²) < 4.78 is 28.3. The molecule has 0 radical (unpaired) electrons. The minimum absolute atomic E-state index is 0.0360. The van der Waals surface area contributed by atoms with E-state index in [0.29, 0.717) is 36.4 Å². The Bertz CT molecular complexity index is 597. The first-order valence-electron chi connectivity index (χ1n) is 6.29. The first kappa shape index (κ1) is 16.5. The highest BCUT2D eigenvalue weighted by molar-refractivity contribution is 7.89. The van der Waals surface area contributed by atoms with E-state index in [1.807, 2.05) is 0 Å². The number of rotatable bonds is 6. The molecule has 0 aliphatic heterocycles. The van der Waals surface area contributed by atoms with E-state index in [-0.39, 0.29) is 10.8 Å². The van der Waals surface area contributed by atoms with Crippen LogP contribution in [0.25, 0.3) is 0 Å². The van der Waals surface area contributed by atoms with Gasteiger partial charge < -0.3 is 10.1 Å². The van der Waals surface area contributed by atoms with E-state index in [1.54, 1.807) is 26.8 Å². The van der Waals surface area contributed by atoms with Gasteiger partial charge in [0.1, 0.15) is 12.4 Å². The smallest absolute Gasteiger partial charge is 0.238 e. The number of nitrogens with one attached hydrogen (secondary N) is 1. The van der Waals surface area contributed by atoms with E-state index < -0.39 is 10.0 Å². The number of carbonyl (C=O) groups is 1. The molecule has 0 saturated heterocycles. The summed E-state index contributed by atoms with van der Waals surface area (Å²) >= 11 is 0. The number of primary sulfonamides is 1. The van der Waals surface area contributed by atoms with E-state index in [1.165, 1.54) is 6.07 Å². The lowest BCUT2D eigenvalue weighted by Crippen LogP contribution is -2.27. The molecule has 3 N–H and O–H groups in total. The molecule has 7 heteroatoms. The van der Waals surface area contributed by atoms with Crippen LogP contribution >= 0.6 is 0 Å². The summed E-state index contributed by atoms with van der Waals surface area (Å²) in [6.45, 7) is 5.90. The third-order valence-electron chi connectivity index (χ3n) is 2.78. The van der Waals surface area contributed by atoms with E-state index in [0.717, 1.165) is 0 Å². The van der Waals surface area contributed by atoms with E-state index in [9.17, 15) is 13.2 Å². The molecular weight excluding hydrogens is 280 g/mol. The normalized spacial score (nSPS) is 11.2. The second-order valence-corrected chi connectivity index (χ2v) is 6.01. The number of hydrogen-bond donors (Lipinski definition) is 2. The Morgan fingerprint density at radius 3 is 2.50 bits per heavy atom. The molecule has 1 aromatic rings. The molecular formula is C13H20N2O4S. The fourth-order valence-electron chi connectivity index (χ4n) is 1.70. The fourth-order valence-corrected chi connectivity index (χ4v) is 2.55. The Hall–Kier alpha value is -1.60. The Labute approximate surface area is 119 Å². The fraction of sp³-hybridized carbons (Fsp3) is 0.462. The summed E-state index contributed by atoms with van der Waals surface area (Å²) in [5.74, 6) is 0.548. The van der Waals surface area contributed by atoms with Gasteiger partial charge in [-0.25, -0.2) is 13.6 Å². The highest BCUT2D eigenvalue weighted by Gasteiger charge is 2.14. The maximum absolute atomic E-state index is 11.4. The third-order valence-corrected chi connectivity index (χ3v) is 3.83. The van der Waals surface area contributed by atoms with Gasteiger partial charge >= 0.3 is 0 Å². The van der Waals surface area contributed by atoms with Crippen molar-refractivity contribution in [2.24, 2.45) is 5.14 Å². The van der Waals surface area contributed by atoms with Crippen molar-refractivity contribution >= 4 is 15.9 Å². The molecule has 6 nitrogen and oxygen atoms in total. The van der Waals surface area contributed by atoms with Crippen molar-refractivity contribution in [1.82, 2.24) is 5.32 Å². The molecule has 1 rings (SSSR count). The summed E-state index contributed by atoms with van der Waals surface area (Å²) in [7, 11) is -3.73. The maximum Gasteiger partial charge on any atom is 0.238 e. The highest BCUT2D eigenvalue weighted by atomic mass is 32.2. The predicted octanol–water partition coefficient (Wildman–Crippen LogP) is 0.856. The lowest BCUT2D eigenvalue weighted by Gasteiger charge is -2.12. The molecule has 0 unspecified atom stereocenters. The maximum atomic E-state index is 11.4. The summed E-state index contributed by atoms with van der Waals surface area (Å²) in [5, 5.41) is 7.82. The number of sulfonamides is 1. The Morgan fingerprint density at radius 1 is 1.30 bits per heavy atom. The van der Waals surface area contributed by atoms with Crippen LogP contribution in [0.3, 0.4) is 0 Å². The van der Waals surface area contributed by atoms with Gasteiger partial charge in [0.2, 0.25) is 15.9 Å². The molecule has 0 aliphatic carbocycles. The second kappa shape index (κ2) is 6.71. The SMILES string of the molecule is CCC(=O)NCCOc1cc(C)c(S(N)(=O)=O)cc1C. The quantitative estimate of drug-likeness (QED) is 0.761. The summed E-state index contributed by atoms with van der Waals surface area (Å²) in [6.07, 6.45) is 0.432. The number of carbonyl (C=O) groups excluding carboxylic acids is 1. The zero-order chi connectivity index (χ0) is 15.3. The number of nitrogens with two attached hydrogens (primary N) is 1. The summed E-state index contributed by atoms with van der Waals surface area (Å²) in [4.78, 5) is 11.2. The Morgan fingerprint density at radius 2 is 1.95 bits per heavy atom. The third kappa shape index (κ3) is 4.50. The molecule has 0 bridgehead atoms. The van der Waals surface area contributed by atoms with Crippen LogP contribution in [0, 0.1) is 13.8 Å². The average Bonchev–Trinajstić information content (AvgIpc) is 2.36. The van der Waals surface area contributed by atoms with Gasteiger partial charge in [0, 0.05) is 6.42 Å². The molecule has 20 heavy (non-hydrogen) atoms. The molecule has 0 aromatic heterocycles. The molecule has 1 aromatic carbocycles. The van der Waals surface area contributed by atoms with Gasteiger partial charge in [-0.15, -0.1) is 0 Å². The van der Waals surface area contributed by atoms with Crippen molar-refractivity contribution in [3.8, 4) is 5.75 Å². The molecule has 1 amide bonds. The van der Waals surface area contributed by atoms with Crippen LogP contribution in [-0.4, -0.2) is 27.5 Å². The standard InChI is InChI=1S/C13H20N2O4S/c1-4-13(16)15-5-6-19-11-7-10(3)12(8-9(11)2)20(14,17)18/h7-8H,4-6H2,1-3H3,(H,15,16)(H2,14,17,18). The van der Waals surface area contributed by atoms with Crippen LogP contribution in [0.15, 0.2) is 17.0 Å². The topological polar surface area (TPSA) is 98.5 Å². The first-order chi connectivity index (χ1) is 9.25. The molecule has 0 atom stereocenters. The van der Waals surface area contributed by atoms with Crippen LogP contribution in [0.4, 0.5) is 0 Å². The van der Waals surface area contributed by atoms with Gasteiger partial charge in [-0.05, 0) is 37.1 Å². The van der Waals surface area contributed by atoms with Gasteiger partial charge in [-0.2, -0.15) is 0 Å². The number of benzene rings is 1. The highest BCUT2D eigenvalue weighted by Crippen LogP contribution is 2.25. The summed E-state index contributed by atoms with van der Waals surface area (Å²) in [6, 6.07) is 3.13. The van der Waals surface area contributed by atoms with Gasteiger partial charge in [-0.3, -0.25) is 4.79 Å². The molecule has 0 aliphatic rings. The van der Waals surface area contributed by atoms with Gasteiger partial charge in [0.25, 0.3) is 0 Å². The van der Waals surface area contributed by atoms with Gasteiger partial charge in [0.05, 0.1) is 11.4 Å². The van der Waals surface area contributed by atoms with Crippen molar-refractivity contribution in [3.05, 3.63) is 23.3 Å². The molecule has 0 spiro atoms. The van der Waals surface area contributed by atoms with Crippen LogP contribution in [0.1, 0.15) is 24.5 Å². The average molecular weight is 300 g/mol. The lowest BCUT2D eigenvalue weighted by molar-refractivity contribution is -0.120. The summed E-state index contributed by atoms with van der Waals surface area (Å²) in [5.41, 5.74) is 1.21. The monoisotopic (exact) mass is 300 g/mol. The van der Waals surface area contributed by atoms with Crippen LogP contribution in [0.2, 0.25) is 0 Å². The van der Waals surface area contributed by atoms with E-state index in [2.05, 4.69) is 5.32 Å². The minimum Gasteiger partial charge on any atom is -0.491 e. The molecule has 112 valence electrons. The zero-order valence-electron chi connectivity index (χ0n) is 11.9. The van der Waals surface area contributed by atoms with Crippen LogP contribution in [0.5, 0.6) is 5.75 Å². The number of hydrogen-bond acceptors (Lipinski definition) is 4. The Balaban J connectivity index is 2.74. The van der Waals surface area contributed by atoms with Crippen molar-refractivity contribution in [2.45, 2.75) is 32.1 Å². The van der Waals surface area contributed by atoms with Crippen molar-refractivity contribution < 1.29 is 17.9 Å². The number of ether oxygens (including phenoxy) is 1. The molecule has 0 fully saturated rings. The van der Waals surface area contributed by atoms with Crippen molar-refractivity contribution in [2.75, 3.05) is 13.2 Å². The van der Waals surface area contributed by atoms with Gasteiger partial charge in [-0.1, -0.05) is 6.92 Å². The Kier molecular flexibility index (Phi) is 5.52. The van der Waals surface area contributed by atoms with Crippen molar-refractivity contribution in [3.63, 3.8) is 0 Å². The zero-order valence-corrected chi connectivity index (χ0v) is 12.7. The predicted molar refractivity (Wildman–Crippen MR) is 76.1 cm³/mol. The molecule has 0 saturated carbocycles. The number of aryl methyl sites for hydroxylation is 2. The van der Waals surface area contributed by atoms with Gasteiger partial charge in [0.15, 0.2) is 0 Å². The first-order valence-corrected chi connectivity index (χ1v) is 7.84. The van der Waals surface area contributed by atoms with E-state index >= 15 is 0 Å².